The first-order chi connectivity index (χ1) is 17.9. The van der Waals surface area contributed by atoms with Gasteiger partial charge in [-0.3, -0.25) is 0 Å². The van der Waals surface area contributed by atoms with Crippen LogP contribution in [0.25, 0.3) is 10.9 Å². The maximum Gasteiger partial charge on any atom is 0.224 e. The molecule has 4 nitrogen and oxygen atoms in total. The van der Waals surface area contributed by atoms with Gasteiger partial charge in [0.2, 0.25) is 6.71 Å². The van der Waals surface area contributed by atoms with E-state index in [-0.39, 0.29) is 6.71 Å². The maximum absolute atomic E-state index is 12.4. The van der Waals surface area contributed by atoms with Gasteiger partial charge < -0.3 is 9.69 Å². The van der Waals surface area contributed by atoms with Crippen LogP contribution in [0, 0.1) is 12.8 Å². The van der Waals surface area contributed by atoms with Gasteiger partial charge in [-0.2, -0.15) is 11.8 Å². The Balaban J connectivity index is 0.000000260. The van der Waals surface area contributed by atoms with Gasteiger partial charge in [-0.25, -0.2) is 9.97 Å². The molecule has 1 aromatic heterocycles. The molecule has 1 saturated carbocycles. The third-order valence-corrected chi connectivity index (χ3v) is 8.18. The molecule has 1 aliphatic rings. The fraction of sp³-hybridized carbons (Fsp3) is 0.516. The van der Waals surface area contributed by atoms with Gasteiger partial charge in [0.1, 0.15) is 17.3 Å². The predicted molar refractivity (Wildman–Crippen MR) is 165 cm³/mol. The number of rotatable bonds is 8. The summed E-state index contributed by atoms with van der Waals surface area (Å²) in [6.07, 6.45) is 6.48. The molecule has 0 aliphatic heterocycles. The van der Waals surface area contributed by atoms with E-state index in [1.54, 1.807) is 11.8 Å². The molecular weight excluding hydrogens is 473 g/mol. The van der Waals surface area contributed by atoms with Gasteiger partial charge in [-0.1, -0.05) is 108 Å². The number of carbonyl (C=O) groups excluding carboxylic acids is 1. The summed E-state index contributed by atoms with van der Waals surface area (Å²) in [5.41, 5.74) is 2.77. The van der Waals surface area contributed by atoms with Crippen molar-refractivity contribution in [2.75, 3.05) is 24.7 Å². The molecule has 1 fully saturated rings. The lowest BCUT2D eigenvalue weighted by Gasteiger charge is -2.29. The summed E-state index contributed by atoms with van der Waals surface area (Å²) >= 11 is 1.76. The Morgan fingerprint density at radius 1 is 0.973 bits per heavy atom. The first-order valence-electron chi connectivity index (χ1n) is 13.9. The van der Waals surface area contributed by atoms with Crippen LogP contribution in [0.5, 0.6) is 0 Å². The molecule has 1 heterocycles. The average Bonchev–Trinajstić information content (AvgIpc) is 2.94. The van der Waals surface area contributed by atoms with Crippen LogP contribution >= 0.6 is 11.8 Å². The number of para-hydroxylation sites is 1. The summed E-state index contributed by atoms with van der Waals surface area (Å²) in [5.74, 6) is 4.96. The van der Waals surface area contributed by atoms with Crippen molar-refractivity contribution in [2.45, 2.75) is 78.2 Å². The molecule has 0 amide bonds. The van der Waals surface area contributed by atoms with Crippen molar-refractivity contribution in [2.24, 2.45) is 5.92 Å². The molecule has 0 saturated heterocycles. The lowest BCUT2D eigenvalue weighted by atomic mass is 9.37. The summed E-state index contributed by atoms with van der Waals surface area (Å²) < 4.78 is 0. The van der Waals surface area contributed by atoms with Crippen molar-refractivity contribution in [3.63, 3.8) is 0 Å². The molecule has 6 heteroatoms. The Hall–Kier alpha value is -2.34. The first-order valence-corrected chi connectivity index (χ1v) is 15.1. The number of aromatic nitrogens is 2. The van der Waals surface area contributed by atoms with Crippen LogP contribution in [0.2, 0.25) is 12.6 Å². The van der Waals surface area contributed by atoms with Gasteiger partial charge in [0.15, 0.2) is 0 Å². The Morgan fingerprint density at radius 3 is 2.22 bits per heavy atom. The second-order valence-electron chi connectivity index (χ2n) is 9.93. The van der Waals surface area contributed by atoms with E-state index in [0.717, 1.165) is 34.2 Å². The lowest BCUT2D eigenvalue weighted by Crippen LogP contribution is -2.32. The minimum absolute atomic E-state index is 0.256. The van der Waals surface area contributed by atoms with Gasteiger partial charge in [-0.05, 0) is 30.5 Å². The van der Waals surface area contributed by atoms with E-state index in [2.05, 4.69) is 48.0 Å². The number of nitrogens with zero attached hydrogens (tertiary/aromatic N) is 3. The van der Waals surface area contributed by atoms with Crippen LogP contribution in [0.15, 0.2) is 54.6 Å². The minimum atomic E-state index is 0.256. The van der Waals surface area contributed by atoms with Crippen molar-refractivity contribution >= 4 is 40.9 Å². The van der Waals surface area contributed by atoms with Crippen LogP contribution in [0.4, 0.5) is 5.82 Å². The SMILES string of the molecule is CC.CCC1CCC(B(C)C(=O)CSCc2ccccc2)CC1.Cc1nc(N(C)C)c2ccccc2n1. The molecule has 3 aromatic rings. The molecule has 1 aliphatic carbocycles. The Kier molecular flexibility index (Phi) is 13.8. The molecule has 0 atom stereocenters. The van der Waals surface area contributed by atoms with Crippen molar-refractivity contribution < 1.29 is 4.79 Å². The topological polar surface area (TPSA) is 46.1 Å². The fourth-order valence-corrected chi connectivity index (χ4v) is 5.84. The standard InChI is InChI=1S/C18H27BOS.C11H13N3.C2H6/c1-3-15-9-11-17(12-10-15)19(2)18(20)14-21-13-16-7-5-4-6-8-16;1-8-12-10-7-5-4-6-9(10)11(13-8)14(2)3;1-2/h4-8,15,17H,3,9-14H2,1-2H3;4-7H,1-3H3;1-2H3. The van der Waals surface area contributed by atoms with E-state index >= 15 is 0 Å². The van der Waals surface area contributed by atoms with Gasteiger partial charge in [0, 0.05) is 31.0 Å². The number of fused-ring (bicyclic) bond motifs is 1. The molecule has 4 rings (SSSR count). The van der Waals surface area contributed by atoms with E-state index in [1.165, 1.54) is 37.7 Å². The molecule has 0 unspecified atom stereocenters. The molecule has 0 bridgehead atoms. The molecule has 0 spiro atoms. The van der Waals surface area contributed by atoms with Crippen molar-refractivity contribution in [3.8, 4) is 0 Å². The Bertz CT molecular complexity index is 1070. The highest BCUT2D eigenvalue weighted by Gasteiger charge is 2.30. The third kappa shape index (κ3) is 9.81. The maximum atomic E-state index is 12.4. The molecular formula is C31H46BN3OS. The smallest absolute Gasteiger partial charge is 0.224 e. The van der Waals surface area contributed by atoms with E-state index in [4.69, 9.17) is 0 Å². The van der Waals surface area contributed by atoms with Crippen molar-refractivity contribution in [1.82, 2.24) is 9.97 Å². The van der Waals surface area contributed by atoms with Crippen molar-refractivity contribution in [1.29, 1.82) is 0 Å². The summed E-state index contributed by atoms with van der Waals surface area (Å²) in [5, 5.41) is 1.10. The lowest BCUT2D eigenvalue weighted by molar-refractivity contribution is -0.110. The Morgan fingerprint density at radius 2 is 1.59 bits per heavy atom. The minimum Gasteiger partial charge on any atom is -0.362 e. The van der Waals surface area contributed by atoms with Crippen LogP contribution in [-0.2, 0) is 10.5 Å². The molecule has 37 heavy (non-hydrogen) atoms. The van der Waals surface area contributed by atoms with Gasteiger partial charge in [0.05, 0.1) is 5.52 Å². The zero-order valence-corrected chi connectivity index (χ0v) is 24.9. The van der Waals surface area contributed by atoms with E-state index in [0.29, 0.717) is 17.3 Å². The van der Waals surface area contributed by atoms with E-state index in [9.17, 15) is 4.79 Å². The second kappa shape index (κ2) is 16.5. The number of anilines is 1. The van der Waals surface area contributed by atoms with Crippen molar-refractivity contribution in [3.05, 3.63) is 66.0 Å². The van der Waals surface area contributed by atoms with E-state index < -0.39 is 0 Å². The largest absolute Gasteiger partial charge is 0.362 e. The van der Waals surface area contributed by atoms with Gasteiger partial charge >= 0.3 is 0 Å². The number of benzene rings is 2. The van der Waals surface area contributed by atoms with Crippen LogP contribution in [0.1, 0.15) is 64.3 Å². The van der Waals surface area contributed by atoms with Gasteiger partial charge in [0.25, 0.3) is 0 Å². The highest BCUT2D eigenvalue weighted by Crippen LogP contribution is 2.36. The zero-order valence-electron chi connectivity index (χ0n) is 24.0. The first kappa shape index (κ1) is 30.9. The summed E-state index contributed by atoms with van der Waals surface area (Å²) in [4.78, 5) is 23.2. The van der Waals surface area contributed by atoms with Crippen LogP contribution < -0.4 is 4.90 Å². The summed E-state index contributed by atoms with van der Waals surface area (Å²) in [6.45, 7) is 10.6. The van der Waals surface area contributed by atoms with Crippen LogP contribution in [-0.4, -0.2) is 42.2 Å². The normalized spacial score (nSPS) is 16.6. The number of hydrogen-bond donors (Lipinski definition) is 0. The molecule has 2 aromatic carbocycles. The van der Waals surface area contributed by atoms with E-state index in [1.807, 2.05) is 70.1 Å². The second-order valence-corrected chi connectivity index (χ2v) is 10.9. The molecule has 0 radical (unpaired) electrons. The number of thioether (sulfide) groups is 1. The predicted octanol–water partition coefficient (Wildman–Crippen LogP) is 8.15. The quantitative estimate of drug-likeness (QED) is 0.281. The summed E-state index contributed by atoms with van der Waals surface area (Å²) in [6, 6.07) is 18.5. The third-order valence-electron chi connectivity index (χ3n) is 7.16. The number of carbonyl (C=O) groups is 1. The van der Waals surface area contributed by atoms with Crippen LogP contribution in [0.3, 0.4) is 0 Å². The monoisotopic (exact) mass is 519 g/mol. The number of aryl methyl sites for hydroxylation is 1. The number of hydrogen-bond acceptors (Lipinski definition) is 5. The Labute approximate surface area is 230 Å². The highest BCUT2D eigenvalue weighted by molar-refractivity contribution is 7.99. The molecule has 0 N–H and O–H groups in total. The summed E-state index contributed by atoms with van der Waals surface area (Å²) in [7, 11) is 3.99. The average molecular weight is 520 g/mol. The highest BCUT2D eigenvalue weighted by atomic mass is 32.2. The van der Waals surface area contributed by atoms with Gasteiger partial charge in [-0.15, -0.1) is 0 Å². The fourth-order valence-electron chi connectivity index (χ4n) is 4.85. The molecule has 200 valence electrons. The zero-order chi connectivity index (χ0) is 27.2.